The number of unbranched alkanes of at least 4 members (excludes halogenated alkanes) is 3. The van der Waals surface area contributed by atoms with Crippen LogP contribution >= 0.6 is 0 Å². The van der Waals surface area contributed by atoms with Crippen LogP contribution in [0.25, 0.3) is 0 Å². The average molecular weight is 308 g/mol. The number of rotatable bonds is 9. The zero-order valence-electron chi connectivity index (χ0n) is 14.8. The van der Waals surface area contributed by atoms with Crippen LogP contribution in [-0.2, 0) is 5.41 Å². The summed E-state index contributed by atoms with van der Waals surface area (Å²) >= 11 is 0. The fraction of sp³-hybridized carbons (Fsp3) is 0.765. The van der Waals surface area contributed by atoms with E-state index in [4.69, 9.17) is 10.5 Å². The van der Waals surface area contributed by atoms with Crippen LogP contribution in [0.1, 0.15) is 72.5 Å². The Kier molecular flexibility index (Phi) is 7.42. The van der Waals surface area contributed by atoms with Gasteiger partial charge in [-0.05, 0) is 12.8 Å². The Hall–Kier alpha value is -1.52. The standard InChI is InChI=1S/C17H32N4O/c1-6-8-9-10-11-19-14-13(18)15(22-12-7-2)21-16(20-14)17(3,4)5/h6-12,18H2,1-5H3,(H,19,20,21). The van der Waals surface area contributed by atoms with Crippen LogP contribution in [0.4, 0.5) is 11.5 Å². The van der Waals surface area contributed by atoms with Gasteiger partial charge >= 0.3 is 0 Å². The lowest BCUT2D eigenvalue weighted by atomic mass is 9.96. The summed E-state index contributed by atoms with van der Waals surface area (Å²) in [6, 6.07) is 0. The van der Waals surface area contributed by atoms with Crippen LogP contribution in [-0.4, -0.2) is 23.1 Å². The highest BCUT2D eigenvalue weighted by Crippen LogP contribution is 2.30. The molecule has 3 N–H and O–H groups in total. The third-order valence-electron chi connectivity index (χ3n) is 3.35. The number of nitrogen functional groups attached to an aromatic ring is 1. The molecule has 1 aromatic heterocycles. The maximum Gasteiger partial charge on any atom is 0.242 e. The van der Waals surface area contributed by atoms with E-state index in [1.54, 1.807) is 0 Å². The van der Waals surface area contributed by atoms with Crippen molar-refractivity contribution in [3.05, 3.63) is 5.82 Å². The second-order valence-corrected chi connectivity index (χ2v) is 6.70. The van der Waals surface area contributed by atoms with Gasteiger partial charge in [0.2, 0.25) is 5.88 Å². The maximum absolute atomic E-state index is 6.16. The molecule has 1 aromatic rings. The van der Waals surface area contributed by atoms with Gasteiger partial charge in [-0.3, -0.25) is 0 Å². The van der Waals surface area contributed by atoms with Crippen molar-refractivity contribution in [2.45, 2.75) is 72.1 Å². The number of nitrogens with zero attached hydrogens (tertiary/aromatic N) is 2. The monoisotopic (exact) mass is 308 g/mol. The van der Waals surface area contributed by atoms with E-state index in [1.807, 2.05) is 0 Å². The highest BCUT2D eigenvalue weighted by Gasteiger charge is 2.22. The SMILES string of the molecule is CCCCCCNc1nc(C(C)(C)C)nc(OCCC)c1N. The molecule has 5 heteroatoms. The quantitative estimate of drug-likeness (QED) is 0.671. The molecule has 0 aliphatic heterocycles. The van der Waals surface area contributed by atoms with Crippen LogP contribution in [0.3, 0.4) is 0 Å². The van der Waals surface area contributed by atoms with Gasteiger partial charge in [0, 0.05) is 12.0 Å². The molecule has 0 saturated heterocycles. The largest absolute Gasteiger partial charge is 0.476 e. The van der Waals surface area contributed by atoms with Gasteiger partial charge in [-0.15, -0.1) is 0 Å². The Morgan fingerprint density at radius 2 is 1.77 bits per heavy atom. The van der Waals surface area contributed by atoms with Crippen molar-refractivity contribution in [1.82, 2.24) is 9.97 Å². The van der Waals surface area contributed by atoms with Crippen LogP contribution in [0.2, 0.25) is 0 Å². The van der Waals surface area contributed by atoms with Crippen LogP contribution in [0.5, 0.6) is 5.88 Å². The Bertz CT molecular complexity index is 455. The number of anilines is 2. The Balaban J connectivity index is 2.88. The first-order valence-electron chi connectivity index (χ1n) is 8.44. The predicted octanol–water partition coefficient (Wildman–Crippen LogP) is 4.14. The molecule has 1 rings (SSSR count). The average Bonchev–Trinajstić information content (AvgIpc) is 2.46. The first-order chi connectivity index (χ1) is 10.4. The van der Waals surface area contributed by atoms with Crippen LogP contribution in [0.15, 0.2) is 0 Å². The van der Waals surface area contributed by atoms with E-state index >= 15 is 0 Å². The van der Waals surface area contributed by atoms with E-state index < -0.39 is 0 Å². The highest BCUT2D eigenvalue weighted by molar-refractivity contribution is 5.67. The molecule has 22 heavy (non-hydrogen) atoms. The Labute approximate surface area is 135 Å². The summed E-state index contributed by atoms with van der Waals surface area (Å²) in [7, 11) is 0. The molecule has 0 amide bonds. The van der Waals surface area contributed by atoms with Crippen molar-refractivity contribution >= 4 is 11.5 Å². The number of nitrogens with two attached hydrogens (primary N) is 1. The lowest BCUT2D eigenvalue weighted by Gasteiger charge is -2.20. The molecular weight excluding hydrogens is 276 g/mol. The van der Waals surface area contributed by atoms with Gasteiger partial charge in [0.1, 0.15) is 11.5 Å². The summed E-state index contributed by atoms with van der Waals surface area (Å²) in [5, 5.41) is 3.35. The van der Waals surface area contributed by atoms with Gasteiger partial charge in [-0.2, -0.15) is 4.98 Å². The molecule has 126 valence electrons. The number of hydrogen-bond acceptors (Lipinski definition) is 5. The molecule has 1 heterocycles. The molecule has 0 spiro atoms. The zero-order chi connectivity index (χ0) is 16.6. The van der Waals surface area contributed by atoms with E-state index in [0.29, 0.717) is 24.0 Å². The fourth-order valence-corrected chi connectivity index (χ4v) is 1.99. The van der Waals surface area contributed by atoms with E-state index in [2.05, 4.69) is 49.9 Å². The van der Waals surface area contributed by atoms with Crippen LogP contribution in [0, 0.1) is 0 Å². The molecule has 0 aromatic carbocycles. The first-order valence-corrected chi connectivity index (χ1v) is 8.44. The summed E-state index contributed by atoms with van der Waals surface area (Å²) in [5.41, 5.74) is 6.53. The van der Waals surface area contributed by atoms with Crippen molar-refractivity contribution in [2.75, 3.05) is 24.2 Å². The number of hydrogen-bond donors (Lipinski definition) is 2. The smallest absolute Gasteiger partial charge is 0.242 e. The lowest BCUT2D eigenvalue weighted by Crippen LogP contribution is -2.20. The van der Waals surface area contributed by atoms with Gasteiger partial charge in [-0.1, -0.05) is 53.9 Å². The van der Waals surface area contributed by atoms with Gasteiger partial charge in [0.25, 0.3) is 0 Å². The Morgan fingerprint density at radius 3 is 2.36 bits per heavy atom. The normalized spacial score (nSPS) is 11.5. The summed E-state index contributed by atoms with van der Waals surface area (Å²) in [6.07, 6.45) is 5.76. The summed E-state index contributed by atoms with van der Waals surface area (Å²) in [6.45, 7) is 12.0. The van der Waals surface area contributed by atoms with E-state index in [0.717, 1.165) is 25.2 Å². The maximum atomic E-state index is 6.16. The zero-order valence-corrected chi connectivity index (χ0v) is 14.8. The van der Waals surface area contributed by atoms with Crippen molar-refractivity contribution in [1.29, 1.82) is 0 Å². The molecular formula is C17H32N4O. The van der Waals surface area contributed by atoms with Crippen LogP contribution < -0.4 is 15.8 Å². The number of ether oxygens (including phenoxy) is 1. The summed E-state index contributed by atoms with van der Waals surface area (Å²) < 4.78 is 5.69. The number of nitrogens with one attached hydrogen (secondary N) is 1. The molecule has 0 radical (unpaired) electrons. The summed E-state index contributed by atoms with van der Waals surface area (Å²) in [5.74, 6) is 1.95. The third kappa shape index (κ3) is 5.70. The van der Waals surface area contributed by atoms with Gasteiger partial charge < -0.3 is 15.8 Å². The minimum atomic E-state index is -0.142. The van der Waals surface area contributed by atoms with Crippen molar-refractivity contribution in [2.24, 2.45) is 0 Å². The van der Waals surface area contributed by atoms with Gasteiger partial charge in [-0.25, -0.2) is 4.98 Å². The third-order valence-corrected chi connectivity index (χ3v) is 3.35. The van der Waals surface area contributed by atoms with Crippen molar-refractivity contribution in [3.8, 4) is 5.88 Å². The molecule has 0 fully saturated rings. The summed E-state index contributed by atoms with van der Waals surface area (Å²) in [4.78, 5) is 9.10. The molecule has 0 unspecified atom stereocenters. The Morgan fingerprint density at radius 1 is 1.05 bits per heavy atom. The van der Waals surface area contributed by atoms with E-state index in [1.165, 1.54) is 19.3 Å². The molecule has 0 saturated carbocycles. The second kappa shape index (κ2) is 8.81. The van der Waals surface area contributed by atoms with Gasteiger partial charge in [0.15, 0.2) is 5.82 Å². The van der Waals surface area contributed by atoms with Crippen molar-refractivity contribution in [3.63, 3.8) is 0 Å². The molecule has 0 aliphatic rings. The minimum Gasteiger partial charge on any atom is -0.476 e. The minimum absolute atomic E-state index is 0.142. The van der Waals surface area contributed by atoms with E-state index in [-0.39, 0.29) is 5.41 Å². The molecule has 0 bridgehead atoms. The first kappa shape index (κ1) is 18.5. The van der Waals surface area contributed by atoms with Gasteiger partial charge in [0.05, 0.1) is 6.61 Å². The topological polar surface area (TPSA) is 73.1 Å². The fourth-order valence-electron chi connectivity index (χ4n) is 1.99. The highest BCUT2D eigenvalue weighted by atomic mass is 16.5. The predicted molar refractivity (Wildman–Crippen MR) is 93.6 cm³/mol. The van der Waals surface area contributed by atoms with E-state index in [9.17, 15) is 0 Å². The lowest BCUT2D eigenvalue weighted by molar-refractivity contribution is 0.303. The molecule has 0 atom stereocenters. The second-order valence-electron chi connectivity index (χ2n) is 6.70. The van der Waals surface area contributed by atoms with Crippen molar-refractivity contribution < 1.29 is 4.74 Å². The number of aromatic nitrogens is 2. The molecule has 5 nitrogen and oxygen atoms in total. The molecule has 0 aliphatic carbocycles.